The minimum absolute atomic E-state index is 0.00465. The van der Waals surface area contributed by atoms with Gasteiger partial charge in [-0.1, -0.05) is 0 Å². The summed E-state index contributed by atoms with van der Waals surface area (Å²) in [5, 5.41) is 18.6. The normalized spacial score (nSPS) is 66.6. The average Bonchev–Trinajstić information content (AvgIpc) is 2.62. The molecule has 0 aromatic carbocycles. The summed E-state index contributed by atoms with van der Waals surface area (Å²) in [4.78, 5) is 0. The molecule has 2 fully saturated rings. The van der Waals surface area contributed by atoms with E-state index in [0.717, 1.165) is 12.8 Å². The number of rotatable bonds is 0. The van der Waals surface area contributed by atoms with E-state index in [9.17, 15) is 0 Å². The van der Waals surface area contributed by atoms with Gasteiger partial charge < -0.3 is 0 Å². The van der Waals surface area contributed by atoms with Gasteiger partial charge in [0.2, 0.25) is 0 Å². The van der Waals surface area contributed by atoms with Gasteiger partial charge in [0.15, 0.2) is 0 Å². The minimum atomic E-state index is 0.00465. The van der Waals surface area contributed by atoms with Crippen molar-refractivity contribution in [3.05, 3.63) is 0 Å². The zero-order valence-corrected chi connectivity index (χ0v) is 11.1. The Kier molecular flexibility index (Phi) is 1.40. The highest BCUT2D eigenvalue weighted by Gasteiger charge is 2.70. The predicted octanol–water partition coefficient (Wildman–Crippen LogP) is 3.38. The van der Waals surface area contributed by atoms with Crippen LogP contribution in [0.4, 0.5) is 0 Å². The summed E-state index contributed by atoms with van der Waals surface area (Å²) in [6.45, 7) is 9.07. The third-order valence-corrected chi connectivity index (χ3v) is 5.92. The average molecular weight is 232 g/mol. The van der Waals surface area contributed by atoms with E-state index in [4.69, 9.17) is 0 Å². The van der Waals surface area contributed by atoms with E-state index in [1.807, 2.05) is 0 Å². The molecule has 0 N–H and O–H groups in total. The highest BCUT2D eigenvalue weighted by atomic mass is 15.3. The molecular formula is C13H20N4. The summed E-state index contributed by atoms with van der Waals surface area (Å²) in [5.41, 5.74) is 0.0186. The summed E-state index contributed by atoms with van der Waals surface area (Å²) in [6.07, 6.45) is 3.24. The fraction of sp³-hybridized carbons (Fsp3) is 1.00. The van der Waals surface area contributed by atoms with Crippen LogP contribution in [0.15, 0.2) is 20.5 Å². The number of hydrogen-bond acceptors (Lipinski definition) is 4. The first-order valence-electron chi connectivity index (χ1n) is 6.68. The van der Waals surface area contributed by atoms with E-state index in [0.29, 0.717) is 11.8 Å². The summed E-state index contributed by atoms with van der Waals surface area (Å²) in [5.74, 6) is 1.20. The van der Waals surface area contributed by atoms with Gasteiger partial charge in [-0.25, -0.2) is 0 Å². The second-order valence-electron chi connectivity index (χ2n) is 7.52. The Bertz CT molecular complexity index is 394. The molecule has 4 heteroatoms. The zero-order chi connectivity index (χ0) is 12.1. The lowest BCUT2D eigenvalue weighted by Gasteiger charge is -2.55. The lowest BCUT2D eigenvalue weighted by atomic mass is 9.48. The first-order chi connectivity index (χ1) is 7.80. The van der Waals surface area contributed by atoms with Gasteiger partial charge in [0.25, 0.3) is 0 Å². The monoisotopic (exact) mass is 232 g/mol. The molecule has 2 unspecified atom stereocenters. The Hall–Kier alpha value is -0.800. The molecule has 0 radical (unpaired) electrons. The van der Waals surface area contributed by atoms with Crippen LogP contribution in [0.1, 0.15) is 47.0 Å². The molecular weight excluding hydrogens is 212 g/mol. The van der Waals surface area contributed by atoms with Crippen LogP contribution in [-0.2, 0) is 0 Å². The highest BCUT2D eigenvalue weighted by Crippen LogP contribution is 2.66. The van der Waals surface area contributed by atoms with Crippen LogP contribution in [0.2, 0.25) is 0 Å². The molecule has 92 valence electrons. The SMILES string of the molecule is C[C@]12C[C@@]3(C)N=N[C@@]4(C)C[C@](C)(N=N1)C2CC34. The lowest BCUT2D eigenvalue weighted by Crippen LogP contribution is -2.62. The maximum Gasteiger partial charge on any atom is 0.0863 e. The van der Waals surface area contributed by atoms with Gasteiger partial charge in [-0.2, -0.15) is 20.5 Å². The van der Waals surface area contributed by atoms with Gasteiger partial charge >= 0.3 is 0 Å². The van der Waals surface area contributed by atoms with Gasteiger partial charge in [0, 0.05) is 24.7 Å². The van der Waals surface area contributed by atoms with Gasteiger partial charge in [-0.3, -0.25) is 0 Å². The van der Waals surface area contributed by atoms with Crippen molar-refractivity contribution in [2.24, 2.45) is 32.3 Å². The predicted molar refractivity (Wildman–Crippen MR) is 64.2 cm³/mol. The van der Waals surface area contributed by atoms with Crippen molar-refractivity contribution in [1.82, 2.24) is 0 Å². The van der Waals surface area contributed by atoms with E-state index < -0.39 is 0 Å². The third kappa shape index (κ3) is 0.936. The van der Waals surface area contributed by atoms with Crippen molar-refractivity contribution in [2.75, 3.05) is 0 Å². The van der Waals surface area contributed by atoms with Gasteiger partial charge in [-0.15, -0.1) is 0 Å². The molecule has 0 saturated heterocycles. The van der Waals surface area contributed by atoms with Crippen molar-refractivity contribution in [3.8, 4) is 0 Å². The van der Waals surface area contributed by atoms with Crippen molar-refractivity contribution >= 4 is 0 Å². The van der Waals surface area contributed by atoms with Crippen molar-refractivity contribution in [2.45, 2.75) is 69.1 Å². The van der Waals surface area contributed by atoms with Crippen molar-refractivity contribution in [1.29, 1.82) is 0 Å². The maximum absolute atomic E-state index is 4.66. The summed E-state index contributed by atoms with van der Waals surface area (Å²) in [7, 11) is 0. The summed E-state index contributed by atoms with van der Waals surface area (Å²) in [6, 6.07) is 0. The van der Waals surface area contributed by atoms with E-state index >= 15 is 0 Å². The first kappa shape index (κ1) is 10.2. The maximum atomic E-state index is 4.66. The highest BCUT2D eigenvalue weighted by molar-refractivity contribution is 5.26. The van der Waals surface area contributed by atoms with E-state index in [2.05, 4.69) is 48.2 Å². The van der Waals surface area contributed by atoms with Gasteiger partial charge in [0.05, 0.1) is 22.2 Å². The molecule has 4 nitrogen and oxygen atoms in total. The molecule has 0 aromatic heterocycles. The zero-order valence-electron chi connectivity index (χ0n) is 11.1. The Morgan fingerprint density at radius 3 is 1.24 bits per heavy atom. The Morgan fingerprint density at radius 1 is 0.647 bits per heavy atom. The van der Waals surface area contributed by atoms with E-state index in [-0.39, 0.29) is 22.2 Å². The molecule has 2 bridgehead atoms. The van der Waals surface area contributed by atoms with Crippen molar-refractivity contribution < 1.29 is 0 Å². The molecule has 0 amide bonds. The Morgan fingerprint density at radius 2 is 0.941 bits per heavy atom. The van der Waals surface area contributed by atoms with Crippen LogP contribution in [0.25, 0.3) is 0 Å². The van der Waals surface area contributed by atoms with Crippen LogP contribution in [-0.4, -0.2) is 22.2 Å². The van der Waals surface area contributed by atoms with Crippen LogP contribution in [0.3, 0.4) is 0 Å². The van der Waals surface area contributed by atoms with Gasteiger partial charge in [0.1, 0.15) is 0 Å². The molecule has 0 spiro atoms. The first-order valence-corrected chi connectivity index (χ1v) is 6.68. The number of nitrogens with zero attached hydrogens (tertiary/aromatic N) is 4. The minimum Gasteiger partial charge on any atom is -0.187 e. The van der Waals surface area contributed by atoms with Crippen molar-refractivity contribution in [3.63, 3.8) is 0 Å². The molecule has 2 aliphatic carbocycles. The van der Waals surface area contributed by atoms with Gasteiger partial charge in [-0.05, 0) is 34.1 Å². The standard InChI is InChI=1S/C13H20N4/c1-10-6-11(2)9-5-8(10)12(3,15-14-10)7-13(9,4)17-16-11/h8-9H,5-7H2,1-4H3/t8?,9?,10-,11-,12+,13+. The largest absolute Gasteiger partial charge is 0.187 e. The number of azo groups is 2. The molecule has 4 rings (SSSR count). The van der Waals surface area contributed by atoms with Crippen LogP contribution >= 0.6 is 0 Å². The molecule has 6 atom stereocenters. The Labute approximate surface area is 102 Å². The van der Waals surface area contributed by atoms with Crippen LogP contribution < -0.4 is 0 Å². The second kappa shape index (κ2) is 2.34. The molecule has 17 heavy (non-hydrogen) atoms. The molecule has 2 heterocycles. The fourth-order valence-electron chi connectivity index (χ4n) is 5.41. The quantitative estimate of drug-likeness (QED) is 0.615. The van der Waals surface area contributed by atoms with Crippen LogP contribution in [0, 0.1) is 11.8 Å². The molecule has 2 saturated carbocycles. The van der Waals surface area contributed by atoms with E-state index in [1.54, 1.807) is 0 Å². The topological polar surface area (TPSA) is 49.4 Å². The third-order valence-electron chi connectivity index (χ3n) is 5.92. The smallest absolute Gasteiger partial charge is 0.0863 e. The summed E-state index contributed by atoms with van der Waals surface area (Å²) < 4.78 is 0. The molecule has 0 aromatic rings. The number of hydrogen-bond donors (Lipinski definition) is 0. The van der Waals surface area contributed by atoms with E-state index in [1.165, 1.54) is 6.42 Å². The molecule has 4 aliphatic rings. The summed E-state index contributed by atoms with van der Waals surface area (Å²) >= 11 is 0. The second-order valence-corrected chi connectivity index (χ2v) is 7.52. The lowest BCUT2D eigenvalue weighted by molar-refractivity contribution is -0.00219. The molecule has 2 aliphatic heterocycles. The Balaban J connectivity index is 1.93. The fourth-order valence-corrected chi connectivity index (χ4v) is 5.41. The van der Waals surface area contributed by atoms with Crippen LogP contribution in [0.5, 0.6) is 0 Å².